The number of anilines is 1. The fourth-order valence-corrected chi connectivity index (χ4v) is 5.31. The molecule has 0 bridgehead atoms. The van der Waals surface area contributed by atoms with Crippen LogP contribution in [0.15, 0.2) is 53.6 Å². The SMILES string of the molecule is O=S(=O)(Cc1ccc(Cl)cc1)c1nc2ccccc2nc1NC1CCCCCC1. The maximum atomic E-state index is 13.3. The lowest BCUT2D eigenvalue weighted by molar-refractivity contribution is 0.588. The van der Waals surface area contributed by atoms with Gasteiger partial charge in [0.15, 0.2) is 10.8 Å². The fourth-order valence-electron chi connectivity index (χ4n) is 3.78. The molecule has 0 atom stereocenters. The van der Waals surface area contributed by atoms with Crippen LogP contribution in [-0.4, -0.2) is 24.4 Å². The van der Waals surface area contributed by atoms with Crippen LogP contribution in [0.2, 0.25) is 5.02 Å². The minimum Gasteiger partial charge on any atom is -0.365 e. The third-order valence-corrected chi connectivity index (χ3v) is 7.14. The highest BCUT2D eigenvalue weighted by atomic mass is 35.5. The summed E-state index contributed by atoms with van der Waals surface area (Å²) in [5, 5.41) is 4.01. The number of hydrogen-bond donors (Lipinski definition) is 1. The molecule has 1 N–H and O–H groups in total. The lowest BCUT2D eigenvalue weighted by Gasteiger charge is -2.19. The van der Waals surface area contributed by atoms with Gasteiger partial charge >= 0.3 is 0 Å². The molecule has 1 aromatic heterocycles. The normalized spacial score (nSPS) is 15.9. The first kappa shape index (κ1) is 20.1. The maximum absolute atomic E-state index is 13.3. The van der Waals surface area contributed by atoms with Gasteiger partial charge in [0.25, 0.3) is 0 Å². The van der Waals surface area contributed by atoms with Crippen molar-refractivity contribution >= 4 is 38.3 Å². The van der Waals surface area contributed by atoms with Crippen LogP contribution in [0, 0.1) is 0 Å². The quantitative estimate of drug-likeness (QED) is 0.550. The van der Waals surface area contributed by atoms with Gasteiger partial charge in [-0.05, 0) is 42.7 Å². The number of sulfone groups is 1. The van der Waals surface area contributed by atoms with Crippen LogP contribution >= 0.6 is 11.6 Å². The standard InChI is InChI=1S/C22H24ClN3O2S/c23-17-13-11-16(12-14-17)15-29(27,28)22-21(24-18-7-3-1-2-4-8-18)25-19-9-5-6-10-20(19)26-22/h5-6,9-14,18H,1-4,7-8,15H2,(H,24,25). The predicted octanol–water partition coefficient (Wildman–Crippen LogP) is 5.39. The third-order valence-electron chi connectivity index (χ3n) is 5.30. The van der Waals surface area contributed by atoms with E-state index >= 15 is 0 Å². The number of aromatic nitrogens is 2. The van der Waals surface area contributed by atoms with Crippen molar-refractivity contribution in [1.82, 2.24) is 9.97 Å². The second-order valence-electron chi connectivity index (χ2n) is 7.58. The van der Waals surface area contributed by atoms with Crippen molar-refractivity contribution < 1.29 is 8.42 Å². The average molecular weight is 430 g/mol. The second kappa shape index (κ2) is 8.67. The van der Waals surface area contributed by atoms with E-state index in [4.69, 9.17) is 11.6 Å². The van der Waals surface area contributed by atoms with Gasteiger partial charge in [-0.1, -0.05) is 61.5 Å². The zero-order valence-electron chi connectivity index (χ0n) is 16.1. The number of halogens is 1. The molecule has 4 rings (SSSR count). The van der Waals surface area contributed by atoms with Crippen molar-refractivity contribution in [3.8, 4) is 0 Å². The average Bonchev–Trinajstić information content (AvgIpc) is 2.98. The molecule has 3 aromatic rings. The summed E-state index contributed by atoms with van der Waals surface area (Å²) >= 11 is 5.93. The summed E-state index contributed by atoms with van der Waals surface area (Å²) in [6, 6.07) is 14.4. The molecule has 0 aliphatic heterocycles. The second-order valence-corrected chi connectivity index (χ2v) is 9.93. The topological polar surface area (TPSA) is 72.0 Å². The van der Waals surface area contributed by atoms with E-state index in [1.807, 2.05) is 18.2 Å². The van der Waals surface area contributed by atoms with Crippen molar-refractivity contribution in [1.29, 1.82) is 0 Å². The molecular formula is C22H24ClN3O2S. The molecule has 0 radical (unpaired) electrons. The lowest BCUT2D eigenvalue weighted by Crippen LogP contribution is -2.22. The van der Waals surface area contributed by atoms with E-state index in [9.17, 15) is 8.42 Å². The molecule has 152 valence electrons. The molecule has 5 nitrogen and oxygen atoms in total. The zero-order chi connectivity index (χ0) is 20.3. The highest BCUT2D eigenvalue weighted by Crippen LogP contribution is 2.28. The molecule has 1 aliphatic rings. The number of para-hydroxylation sites is 2. The first-order valence-electron chi connectivity index (χ1n) is 10.0. The van der Waals surface area contributed by atoms with Crippen LogP contribution in [-0.2, 0) is 15.6 Å². The Morgan fingerprint density at radius 3 is 2.17 bits per heavy atom. The zero-order valence-corrected chi connectivity index (χ0v) is 17.7. The summed E-state index contributed by atoms with van der Waals surface area (Å²) in [6.07, 6.45) is 6.78. The Hall–Kier alpha value is -2.18. The Balaban J connectivity index is 1.73. The van der Waals surface area contributed by atoms with Crippen LogP contribution in [0.3, 0.4) is 0 Å². The Labute approximate surface area is 176 Å². The van der Waals surface area contributed by atoms with Gasteiger partial charge in [-0.2, -0.15) is 0 Å². The minimum atomic E-state index is -3.69. The molecule has 1 heterocycles. The van der Waals surface area contributed by atoms with E-state index in [1.165, 1.54) is 12.8 Å². The van der Waals surface area contributed by atoms with Gasteiger partial charge in [0.2, 0.25) is 9.84 Å². The molecule has 0 amide bonds. The summed E-state index contributed by atoms with van der Waals surface area (Å²) in [4.78, 5) is 9.16. The van der Waals surface area contributed by atoms with Gasteiger partial charge in [-0.3, -0.25) is 0 Å². The number of nitrogens with zero attached hydrogens (tertiary/aromatic N) is 2. The molecule has 0 unspecified atom stereocenters. The summed E-state index contributed by atoms with van der Waals surface area (Å²) in [7, 11) is -3.69. The highest BCUT2D eigenvalue weighted by molar-refractivity contribution is 7.90. The molecule has 1 aliphatic carbocycles. The monoisotopic (exact) mass is 429 g/mol. The lowest BCUT2D eigenvalue weighted by atomic mass is 10.1. The highest BCUT2D eigenvalue weighted by Gasteiger charge is 2.25. The van der Waals surface area contributed by atoms with Crippen molar-refractivity contribution in [3.63, 3.8) is 0 Å². The van der Waals surface area contributed by atoms with Gasteiger partial charge < -0.3 is 5.32 Å². The molecule has 0 saturated heterocycles. The van der Waals surface area contributed by atoms with Crippen LogP contribution in [0.1, 0.15) is 44.1 Å². The smallest absolute Gasteiger partial charge is 0.203 e. The van der Waals surface area contributed by atoms with Crippen LogP contribution in [0.4, 0.5) is 5.82 Å². The maximum Gasteiger partial charge on any atom is 0.203 e. The predicted molar refractivity (Wildman–Crippen MR) is 117 cm³/mol. The minimum absolute atomic E-state index is 0.0235. The summed E-state index contributed by atoms with van der Waals surface area (Å²) in [5.74, 6) is 0.223. The number of rotatable bonds is 5. The molecule has 2 aromatic carbocycles. The Morgan fingerprint density at radius 2 is 1.52 bits per heavy atom. The van der Waals surface area contributed by atoms with E-state index in [1.54, 1.807) is 30.3 Å². The molecular weight excluding hydrogens is 406 g/mol. The first-order chi connectivity index (χ1) is 14.0. The van der Waals surface area contributed by atoms with Crippen LogP contribution in [0.25, 0.3) is 11.0 Å². The van der Waals surface area contributed by atoms with E-state index < -0.39 is 9.84 Å². The third kappa shape index (κ3) is 4.87. The number of hydrogen-bond acceptors (Lipinski definition) is 5. The Morgan fingerprint density at radius 1 is 0.897 bits per heavy atom. The number of fused-ring (bicyclic) bond motifs is 1. The van der Waals surface area contributed by atoms with Gasteiger partial charge in [-0.15, -0.1) is 0 Å². The number of benzene rings is 2. The van der Waals surface area contributed by atoms with Crippen molar-refractivity contribution in [2.45, 2.75) is 55.3 Å². The molecule has 0 spiro atoms. The van der Waals surface area contributed by atoms with E-state index in [-0.39, 0.29) is 16.8 Å². The van der Waals surface area contributed by atoms with Crippen molar-refractivity contribution in [3.05, 3.63) is 59.1 Å². The Bertz CT molecular complexity index is 1090. The largest absolute Gasteiger partial charge is 0.365 e. The Kier molecular flexibility index (Phi) is 6.01. The summed E-state index contributed by atoms with van der Waals surface area (Å²) in [6.45, 7) is 0. The van der Waals surface area contributed by atoms with Crippen LogP contribution < -0.4 is 5.32 Å². The number of nitrogens with one attached hydrogen (secondary N) is 1. The van der Waals surface area contributed by atoms with Gasteiger partial charge in [0.05, 0.1) is 16.8 Å². The van der Waals surface area contributed by atoms with E-state index in [2.05, 4.69) is 15.3 Å². The van der Waals surface area contributed by atoms with Crippen molar-refractivity contribution in [2.75, 3.05) is 5.32 Å². The molecule has 29 heavy (non-hydrogen) atoms. The molecule has 1 fully saturated rings. The molecule has 7 heteroatoms. The van der Waals surface area contributed by atoms with Gasteiger partial charge in [-0.25, -0.2) is 18.4 Å². The first-order valence-corrected chi connectivity index (χ1v) is 12.0. The summed E-state index contributed by atoms with van der Waals surface area (Å²) < 4.78 is 26.6. The van der Waals surface area contributed by atoms with E-state index in [0.717, 1.165) is 25.7 Å². The van der Waals surface area contributed by atoms with Gasteiger partial charge in [0, 0.05) is 11.1 Å². The fraction of sp³-hybridized carbons (Fsp3) is 0.364. The van der Waals surface area contributed by atoms with Crippen LogP contribution in [0.5, 0.6) is 0 Å². The van der Waals surface area contributed by atoms with E-state index in [0.29, 0.717) is 27.4 Å². The van der Waals surface area contributed by atoms with Crippen molar-refractivity contribution in [2.24, 2.45) is 0 Å². The molecule has 1 saturated carbocycles. The summed E-state index contributed by atoms with van der Waals surface area (Å²) in [5.41, 5.74) is 1.94. The van der Waals surface area contributed by atoms with Gasteiger partial charge in [0.1, 0.15) is 0 Å².